The summed E-state index contributed by atoms with van der Waals surface area (Å²) in [6.07, 6.45) is 0.0254. The molecule has 1 aliphatic rings. The number of aliphatic hydroxyl groups is 2. The van der Waals surface area contributed by atoms with Gasteiger partial charge in [-0.05, 0) is 97.1 Å². The minimum absolute atomic E-state index is 0.0132. The van der Waals surface area contributed by atoms with Crippen molar-refractivity contribution in [2.24, 2.45) is 28.7 Å². The standard InChI is InChI=1S/C51H88N16O13/c1-4-5-6-7-11-14-39(70)59-33(16-22-53)48(77)67-42(30(3)69)51(80)64-35(18-24-55)45(74)63-37-20-26-57-50(79)41(29(2)68)66-49(78)36(19-25-56)62-44(73)32(15-21-52)60-40(71)28-58-43(72)38(27-31-12-9-8-10-13-31)65-46(75)34(17-23-54)61-47(37)76/h8-10,12-13,29-30,32-38,41-42,68-69H,4-7,11,14-28,52-56H2,1-3H3,(H,57,79)(H,58,72)(H,59,70)(H,60,71)(H,61,76)(H,62,73)(H,63,74)(H,64,80)(H,65,75)(H,66,78)(H,67,77)/t29-,30-,32+,33+,34?,35+,36+,37?,38-,41?,42+/m1/s1. The first kappa shape index (κ1) is 69.2. The van der Waals surface area contributed by atoms with Gasteiger partial charge in [0.05, 0.1) is 18.8 Å². The summed E-state index contributed by atoms with van der Waals surface area (Å²) in [5.41, 5.74) is 29.6. The summed E-state index contributed by atoms with van der Waals surface area (Å²) in [7, 11) is 0. The first-order valence-corrected chi connectivity index (χ1v) is 27.3. The number of unbranched alkanes of at least 4 members (excludes halogenated alkanes) is 4. The second kappa shape index (κ2) is 37.9. The lowest BCUT2D eigenvalue weighted by atomic mass is 10.0. The van der Waals surface area contributed by atoms with Gasteiger partial charge < -0.3 is 97.4 Å². The van der Waals surface area contributed by atoms with Gasteiger partial charge in [0.25, 0.3) is 0 Å². The van der Waals surface area contributed by atoms with Crippen molar-refractivity contribution in [3.8, 4) is 0 Å². The zero-order chi connectivity index (χ0) is 59.7. The van der Waals surface area contributed by atoms with Crippen molar-refractivity contribution in [3.05, 3.63) is 35.9 Å². The average Bonchev–Trinajstić information content (AvgIpc) is 3.41. The zero-order valence-corrected chi connectivity index (χ0v) is 46.2. The van der Waals surface area contributed by atoms with Crippen LogP contribution in [-0.2, 0) is 59.2 Å². The third-order valence-corrected chi connectivity index (χ3v) is 12.8. The van der Waals surface area contributed by atoms with Crippen LogP contribution in [0.15, 0.2) is 30.3 Å². The van der Waals surface area contributed by atoms with E-state index in [1.807, 2.05) is 0 Å². The van der Waals surface area contributed by atoms with Gasteiger partial charge in [0.2, 0.25) is 65.0 Å². The van der Waals surface area contributed by atoms with Gasteiger partial charge >= 0.3 is 0 Å². The summed E-state index contributed by atoms with van der Waals surface area (Å²) in [4.78, 5) is 151. The number of carbonyl (C=O) groups is 11. The second-order valence-electron chi connectivity index (χ2n) is 19.5. The SMILES string of the molecule is CCCCCCCC(=O)N[C@@H](CCN)C(=O)N[C@H](C(=O)N[C@@H](CCN)C(=O)NC1CCNC(=O)C([C@@H](C)O)NC(=O)[C@H](CCN)NC(=O)[C@H](CCN)NC(=O)CNC(=O)[C@@H](Cc2ccccc2)NC(=O)C(CCN)NC1=O)[C@@H](C)O. The second-order valence-corrected chi connectivity index (χ2v) is 19.5. The molecule has 1 saturated heterocycles. The number of hydrogen-bond donors (Lipinski definition) is 18. The summed E-state index contributed by atoms with van der Waals surface area (Å²) in [5, 5.41) is 48.8. The molecule has 80 heavy (non-hydrogen) atoms. The largest absolute Gasteiger partial charge is 0.391 e. The van der Waals surface area contributed by atoms with Gasteiger partial charge in [-0.25, -0.2) is 0 Å². The molecule has 0 spiro atoms. The molecule has 450 valence electrons. The molecule has 0 radical (unpaired) electrons. The van der Waals surface area contributed by atoms with Gasteiger partial charge in [-0.3, -0.25) is 52.7 Å². The number of amides is 11. The van der Waals surface area contributed by atoms with Gasteiger partial charge in [-0.1, -0.05) is 62.9 Å². The van der Waals surface area contributed by atoms with E-state index in [-0.39, 0.29) is 77.7 Å². The van der Waals surface area contributed by atoms with E-state index in [9.17, 15) is 63.0 Å². The van der Waals surface area contributed by atoms with Gasteiger partial charge in [0.15, 0.2) is 0 Å². The van der Waals surface area contributed by atoms with Crippen molar-refractivity contribution in [3.63, 3.8) is 0 Å². The predicted molar refractivity (Wildman–Crippen MR) is 293 cm³/mol. The molecule has 1 aliphatic heterocycles. The molecule has 1 heterocycles. The average molecular weight is 1130 g/mol. The molecule has 0 bridgehead atoms. The number of hydrogen-bond acceptors (Lipinski definition) is 18. The molecule has 1 aromatic carbocycles. The molecule has 2 rings (SSSR count). The monoisotopic (exact) mass is 1130 g/mol. The summed E-state index contributed by atoms with van der Waals surface area (Å²) in [5.74, 6) is -9.82. The first-order chi connectivity index (χ1) is 38.1. The highest BCUT2D eigenvalue weighted by atomic mass is 16.3. The number of aliphatic hydroxyl groups excluding tert-OH is 2. The number of nitrogens with two attached hydrogens (primary N) is 5. The predicted octanol–water partition coefficient (Wildman–Crippen LogP) is -6.91. The van der Waals surface area contributed by atoms with Crippen LogP contribution in [0.1, 0.15) is 103 Å². The normalized spacial score (nSPS) is 22.1. The first-order valence-electron chi connectivity index (χ1n) is 27.3. The topological polar surface area (TPSA) is 491 Å². The Kier molecular flexibility index (Phi) is 32.8. The Hall–Kier alpha value is -6.89. The Balaban J connectivity index is 2.59. The van der Waals surface area contributed by atoms with E-state index in [1.54, 1.807) is 30.3 Å². The van der Waals surface area contributed by atoms with Gasteiger partial charge in [0, 0.05) is 19.4 Å². The van der Waals surface area contributed by atoms with E-state index >= 15 is 0 Å². The van der Waals surface area contributed by atoms with E-state index in [0.29, 0.717) is 12.0 Å². The Morgan fingerprint density at radius 3 is 1.68 bits per heavy atom. The van der Waals surface area contributed by atoms with Gasteiger partial charge in [-0.2, -0.15) is 0 Å². The number of carbonyl (C=O) groups excluding carboxylic acids is 11. The van der Waals surface area contributed by atoms with Crippen molar-refractivity contribution in [1.82, 2.24) is 58.5 Å². The quantitative estimate of drug-likeness (QED) is 0.0364. The van der Waals surface area contributed by atoms with E-state index in [2.05, 4.69) is 65.4 Å². The molecule has 0 saturated carbocycles. The van der Waals surface area contributed by atoms with E-state index in [1.165, 1.54) is 13.8 Å². The smallest absolute Gasteiger partial charge is 0.245 e. The van der Waals surface area contributed by atoms with Gasteiger partial charge in [-0.15, -0.1) is 0 Å². The molecule has 3 unspecified atom stereocenters. The van der Waals surface area contributed by atoms with Crippen LogP contribution in [0.2, 0.25) is 0 Å². The lowest BCUT2D eigenvalue weighted by molar-refractivity contribution is -0.137. The Morgan fingerprint density at radius 2 is 1.12 bits per heavy atom. The summed E-state index contributed by atoms with van der Waals surface area (Å²) >= 11 is 0. The highest BCUT2D eigenvalue weighted by molar-refractivity contribution is 5.99. The molecule has 29 heteroatoms. The fourth-order valence-electron chi connectivity index (χ4n) is 8.32. The van der Waals surface area contributed by atoms with Gasteiger partial charge in [0.1, 0.15) is 54.4 Å². The molecule has 29 nitrogen and oxygen atoms in total. The lowest BCUT2D eigenvalue weighted by Gasteiger charge is -2.28. The highest BCUT2D eigenvalue weighted by Gasteiger charge is 2.36. The van der Waals surface area contributed by atoms with Crippen LogP contribution in [0.25, 0.3) is 0 Å². The fraction of sp³-hybridized carbons (Fsp3) is 0.667. The van der Waals surface area contributed by atoms with Crippen LogP contribution < -0.4 is 87.2 Å². The van der Waals surface area contributed by atoms with Crippen LogP contribution in [0.4, 0.5) is 0 Å². The molecule has 0 aromatic heterocycles. The van der Waals surface area contributed by atoms with Crippen LogP contribution in [0, 0.1) is 0 Å². The zero-order valence-electron chi connectivity index (χ0n) is 46.2. The Labute approximate surface area is 466 Å². The maximum Gasteiger partial charge on any atom is 0.245 e. The molecular weight excluding hydrogens is 1040 g/mol. The molecule has 1 fully saturated rings. The van der Waals surface area contributed by atoms with E-state index in [4.69, 9.17) is 28.7 Å². The van der Waals surface area contributed by atoms with E-state index in [0.717, 1.165) is 25.7 Å². The summed E-state index contributed by atoms with van der Waals surface area (Å²) in [6, 6.07) is -4.90. The van der Waals surface area contributed by atoms with Crippen LogP contribution in [-0.4, -0.2) is 188 Å². The fourth-order valence-corrected chi connectivity index (χ4v) is 8.32. The minimum atomic E-state index is -1.69. The summed E-state index contributed by atoms with van der Waals surface area (Å²) in [6.45, 7) is 2.60. The Morgan fingerprint density at radius 1 is 0.588 bits per heavy atom. The van der Waals surface area contributed by atoms with Crippen LogP contribution in [0.5, 0.6) is 0 Å². The van der Waals surface area contributed by atoms with E-state index < -0.39 is 151 Å². The molecule has 11 amide bonds. The molecule has 23 N–H and O–H groups in total. The van der Waals surface area contributed by atoms with Crippen molar-refractivity contribution in [1.29, 1.82) is 0 Å². The molecule has 0 aliphatic carbocycles. The third kappa shape index (κ3) is 25.1. The van der Waals surface area contributed by atoms with Crippen molar-refractivity contribution in [2.45, 2.75) is 171 Å². The van der Waals surface area contributed by atoms with Crippen molar-refractivity contribution in [2.75, 3.05) is 45.8 Å². The maximum atomic E-state index is 14.4. The number of nitrogens with one attached hydrogen (secondary N) is 11. The lowest BCUT2D eigenvalue weighted by Crippen LogP contribution is -2.62. The highest BCUT2D eigenvalue weighted by Crippen LogP contribution is 2.09. The molecule has 11 atom stereocenters. The van der Waals surface area contributed by atoms with Crippen molar-refractivity contribution >= 4 is 65.0 Å². The molecule has 1 aromatic rings. The molecular formula is C51H88N16O13. The van der Waals surface area contributed by atoms with Crippen LogP contribution >= 0.6 is 0 Å². The Bertz CT molecular complexity index is 2170. The van der Waals surface area contributed by atoms with Crippen molar-refractivity contribution < 1.29 is 63.0 Å². The maximum absolute atomic E-state index is 14.4. The van der Waals surface area contributed by atoms with Crippen LogP contribution in [0.3, 0.4) is 0 Å². The minimum Gasteiger partial charge on any atom is -0.391 e. The third-order valence-electron chi connectivity index (χ3n) is 12.8. The number of benzene rings is 1. The summed E-state index contributed by atoms with van der Waals surface area (Å²) < 4.78 is 0. The number of rotatable bonds is 27.